The highest BCUT2D eigenvalue weighted by Crippen LogP contribution is 2.16. The van der Waals surface area contributed by atoms with E-state index in [0.29, 0.717) is 0 Å². The second-order valence-corrected chi connectivity index (χ2v) is 2.54. The number of benzene rings is 1. The molecule has 0 amide bonds. The van der Waals surface area contributed by atoms with Gasteiger partial charge in [-0.2, -0.15) is 0 Å². The van der Waals surface area contributed by atoms with E-state index in [2.05, 4.69) is 11.4 Å². The zero-order valence-corrected chi connectivity index (χ0v) is 6.21. The minimum Gasteiger partial charge on any atom is -0.358 e. The molecule has 1 N–H and O–H groups in total. The average Bonchev–Trinajstić information content (AvgIpc) is 2.58. The predicted molar refractivity (Wildman–Crippen MR) is 42.0 cm³/mol. The summed E-state index contributed by atoms with van der Waals surface area (Å²) in [4.78, 5) is 0. The van der Waals surface area contributed by atoms with Crippen molar-refractivity contribution in [3.8, 4) is 0 Å². The lowest BCUT2D eigenvalue weighted by atomic mass is 10.2. The van der Waals surface area contributed by atoms with E-state index in [-0.39, 0.29) is 6.23 Å². The maximum atomic E-state index is 5.41. The maximum Gasteiger partial charge on any atom is 0.134 e. The second kappa shape index (κ2) is 3.03. The van der Waals surface area contributed by atoms with Crippen molar-refractivity contribution in [1.29, 1.82) is 0 Å². The fourth-order valence-electron chi connectivity index (χ4n) is 1.21. The molecule has 1 aromatic rings. The van der Waals surface area contributed by atoms with E-state index in [0.717, 1.165) is 18.7 Å². The van der Waals surface area contributed by atoms with Crippen LogP contribution in [-0.4, -0.2) is 13.2 Å². The van der Waals surface area contributed by atoms with Gasteiger partial charge in [0.25, 0.3) is 0 Å². The van der Waals surface area contributed by atoms with Gasteiger partial charge in [0.15, 0.2) is 0 Å². The summed E-state index contributed by atoms with van der Waals surface area (Å²) in [5.74, 6) is 0. The highest BCUT2D eigenvalue weighted by molar-refractivity contribution is 5.16. The third kappa shape index (κ3) is 1.42. The Hall–Kier alpha value is -0.860. The quantitative estimate of drug-likeness (QED) is 0.644. The Morgan fingerprint density at radius 1 is 1.64 bits per heavy atom. The molecule has 1 radical (unpaired) electrons. The van der Waals surface area contributed by atoms with Crippen LogP contribution < -0.4 is 5.32 Å². The number of hydrogen-bond donors (Lipinski definition) is 1. The minimum atomic E-state index is 0.0902. The molecular formula is C9H10NO. The molecule has 1 aliphatic heterocycles. The Kier molecular flexibility index (Phi) is 1.88. The summed E-state index contributed by atoms with van der Waals surface area (Å²) in [7, 11) is 0. The molecule has 2 nitrogen and oxygen atoms in total. The van der Waals surface area contributed by atoms with Crippen LogP contribution in [0.1, 0.15) is 11.8 Å². The van der Waals surface area contributed by atoms with E-state index in [4.69, 9.17) is 4.74 Å². The molecular weight excluding hydrogens is 138 g/mol. The van der Waals surface area contributed by atoms with Crippen molar-refractivity contribution in [2.75, 3.05) is 13.2 Å². The van der Waals surface area contributed by atoms with Crippen molar-refractivity contribution >= 4 is 0 Å². The zero-order valence-electron chi connectivity index (χ0n) is 6.21. The lowest BCUT2D eigenvalue weighted by Crippen LogP contribution is -2.13. The minimum absolute atomic E-state index is 0.0902. The fourth-order valence-corrected chi connectivity index (χ4v) is 1.21. The van der Waals surface area contributed by atoms with Crippen LogP contribution >= 0.6 is 0 Å². The summed E-state index contributed by atoms with van der Waals surface area (Å²) in [5, 5.41) is 3.23. The van der Waals surface area contributed by atoms with Crippen molar-refractivity contribution in [3.05, 3.63) is 35.9 Å². The standard InChI is InChI=1S/C9H10NO/c1-2-4-8(5-3-1)9-10-6-7-11-9/h1-2,4-5,9-10H,6-7H2. The summed E-state index contributed by atoms with van der Waals surface area (Å²) in [6, 6.07) is 10.9. The van der Waals surface area contributed by atoms with Gasteiger partial charge in [-0.1, -0.05) is 18.2 Å². The lowest BCUT2D eigenvalue weighted by molar-refractivity contribution is 0.102. The van der Waals surface area contributed by atoms with Crippen molar-refractivity contribution in [1.82, 2.24) is 5.32 Å². The molecule has 2 heteroatoms. The van der Waals surface area contributed by atoms with Crippen molar-refractivity contribution < 1.29 is 4.74 Å². The van der Waals surface area contributed by atoms with Crippen LogP contribution in [-0.2, 0) is 4.74 Å². The average molecular weight is 148 g/mol. The number of rotatable bonds is 1. The Balaban J connectivity index is 2.16. The summed E-state index contributed by atoms with van der Waals surface area (Å²) >= 11 is 0. The summed E-state index contributed by atoms with van der Waals surface area (Å²) in [6.07, 6.45) is 0.0902. The van der Waals surface area contributed by atoms with E-state index in [1.54, 1.807) is 0 Å². The maximum absolute atomic E-state index is 5.41. The zero-order chi connectivity index (χ0) is 7.52. The lowest BCUT2D eigenvalue weighted by Gasteiger charge is -2.08. The molecule has 0 spiro atoms. The Morgan fingerprint density at radius 3 is 3.27 bits per heavy atom. The molecule has 0 saturated carbocycles. The number of hydrogen-bond acceptors (Lipinski definition) is 2. The smallest absolute Gasteiger partial charge is 0.134 e. The van der Waals surface area contributed by atoms with E-state index in [1.165, 1.54) is 0 Å². The molecule has 0 bridgehead atoms. The summed E-state index contributed by atoms with van der Waals surface area (Å²) < 4.78 is 5.41. The van der Waals surface area contributed by atoms with Gasteiger partial charge in [-0.25, -0.2) is 0 Å². The van der Waals surface area contributed by atoms with E-state index in [1.807, 2.05) is 24.3 Å². The van der Waals surface area contributed by atoms with E-state index >= 15 is 0 Å². The molecule has 1 atom stereocenters. The molecule has 0 aromatic heterocycles. The van der Waals surface area contributed by atoms with E-state index < -0.39 is 0 Å². The molecule has 1 unspecified atom stereocenters. The molecule has 2 rings (SSSR count). The van der Waals surface area contributed by atoms with Crippen molar-refractivity contribution in [2.24, 2.45) is 0 Å². The van der Waals surface area contributed by atoms with Crippen LogP contribution in [0.4, 0.5) is 0 Å². The summed E-state index contributed by atoms with van der Waals surface area (Å²) in [6.45, 7) is 1.75. The molecule has 1 fully saturated rings. The van der Waals surface area contributed by atoms with Crippen molar-refractivity contribution in [3.63, 3.8) is 0 Å². The van der Waals surface area contributed by atoms with Crippen LogP contribution in [0.25, 0.3) is 0 Å². The highest BCUT2D eigenvalue weighted by atomic mass is 16.5. The van der Waals surface area contributed by atoms with Gasteiger partial charge >= 0.3 is 0 Å². The van der Waals surface area contributed by atoms with Gasteiger partial charge in [-0.15, -0.1) is 0 Å². The topological polar surface area (TPSA) is 21.3 Å². The van der Waals surface area contributed by atoms with Crippen LogP contribution in [0.15, 0.2) is 24.3 Å². The van der Waals surface area contributed by atoms with Crippen LogP contribution in [0.2, 0.25) is 0 Å². The van der Waals surface area contributed by atoms with Crippen LogP contribution in [0.3, 0.4) is 0 Å². The van der Waals surface area contributed by atoms with Crippen LogP contribution in [0, 0.1) is 6.07 Å². The van der Waals surface area contributed by atoms with Crippen LogP contribution in [0.5, 0.6) is 0 Å². The Morgan fingerprint density at radius 2 is 2.64 bits per heavy atom. The van der Waals surface area contributed by atoms with Gasteiger partial charge in [0.1, 0.15) is 6.23 Å². The van der Waals surface area contributed by atoms with Gasteiger partial charge < -0.3 is 4.74 Å². The van der Waals surface area contributed by atoms with Gasteiger partial charge in [0.2, 0.25) is 0 Å². The first kappa shape index (κ1) is 6.83. The Bertz CT molecular complexity index is 216. The molecule has 57 valence electrons. The van der Waals surface area contributed by atoms with Gasteiger partial charge in [-0.05, 0) is 17.7 Å². The molecule has 1 aliphatic rings. The van der Waals surface area contributed by atoms with Crippen molar-refractivity contribution in [2.45, 2.75) is 6.23 Å². The molecule has 0 aliphatic carbocycles. The largest absolute Gasteiger partial charge is 0.358 e. The SMILES string of the molecule is [c]1cccc(C2NCCO2)c1. The first-order chi connectivity index (χ1) is 5.47. The van der Waals surface area contributed by atoms with Gasteiger partial charge in [0.05, 0.1) is 6.61 Å². The highest BCUT2D eigenvalue weighted by Gasteiger charge is 2.15. The molecule has 1 heterocycles. The monoisotopic (exact) mass is 148 g/mol. The summed E-state index contributed by atoms with van der Waals surface area (Å²) in [5.41, 5.74) is 1.16. The third-order valence-electron chi connectivity index (χ3n) is 1.75. The first-order valence-electron chi connectivity index (χ1n) is 3.78. The number of nitrogens with one attached hydrogen (secondary N) is 1. The predicted octanol–water partition coefficient (Wildman–Crippen LogP) is 1.11. The van der Waals surface area contributed by atoms with E-state index in [9.17, 15) is 0 Å². The number of ether oxygens (including phenoxy) is 1. The van der Waals surface area contributed by atoms with Gasteiger partial charge in [-0.3, -0.25) is 5.32 Å². The second-order valence-electron chi connectivity index (χ2n) is 2.54. The molecule has 1 saturated heterocycles. The molecule has 1 aromatic carbocycles. The Labute approximate surface area is 66.2 Å². The normalized spacial score (nSPS) is 23.8. The fraction of sp³-hybridized carbons (Fsp3) is 0.333. The third-order valence-corrected chi connectivity index (χ3v) is 1.75. The first-order valence-corrected chi connectivity index (χ1v) is 3.78. The van der Waals surface area contributed by atoms with Gasteiger partial charge in [0, 0.05) is 6.54 Å². The molecule has 11 heavy (non-hydrogen) atoms.